The van der Waals surface area contributed by atoms with Crippen molar-refractivity contribution in [3.63, 3.8) is 0 Å². The second kappa shape index (κ2) is 3.12. The molecule has 0 amide bonds. The van der Waals surface area contributed by atoms with E-state index >= 15 is 0 Å². The average Bonchev–Trinajstić information content (AvgIpc) is 2.05. The van der Waals surface area contributed by atoms with Crippen LogP contribution in [-0.2, 0) is 6.61 Å². The molecule has 0 spiro atoms. The molecule has 10 heavy (non-hydrogen) atoms. The fourth-order valence-corrected chi connectivity index (χ4v) is 0.621. The van der Waals surface area contributed by atoms with E-state index in [-0.39, 0.29) is 6.61 Å². The Morgan fingerprint density at radius 1 is 1.60 bits per heavy atom. The van der Waals surface area contributed by atoms with Gasteiger partial charge in [-0.15, -0.1) is 0 Å². The summed E-state index contributed by atoms with van der Waals surface area (Å²) in [7, 11) is 1.77. The van der Waals surface area contributed by atoms with E-state index in [0.29, 0.717) is 5.69 Å². The Morgan fingerprint density at radius 3 is 3.00 bits per heavy atom. The molecule has 0 unspecified atom stereocenters. The van der Waals surface area contributed by atoms with Crippen molar-refractivity contribution in [2.24, 2.45) is 0 Å². The van der Waals surface area contributed by atoms with E-state index in [0.717, 1.165) is 5.82 Å². The molecule has 2 N–H and O–H groups in total. The summed E-state index contributed by atoms with van der Waals surface area (Å²) in [6.45, 7) is -0.0444. The highest BCUT2D eigenvalue weighted by atomic mass is 16.3. The van der Waals surface area contributed by atoms with Gasteiger partial charge in [0.05, 0.1) is 12.3 Å². The largest absolute Gasteiger partial charge is 0.390 e. The molecule has 1 heterocycles. The first-order valence-corrected chi connectivity index (χ1v) is 2.96. The molecule has 0 saturated carbocycles. The van der Waals surface area contributed by atoms with Crippen LogP contribution < -0.4 is 5.32 Å². The molecule has 0 atom stereocenters. The molecule has 0 aromatic carbocycles. The van der Waals surface area contributed by atoms with Gasteiger partial charge >= 0.3 is 0 Å². The average molecular weight is 139 g/mol. The van der Waals surface area contributed by atoms with Crippen molar-refractivity contribution in [2.75, 3.05) is 12.4 Å². The van der Waals surface area contributed by atoms with Crippen molar-refractivity contribution in [2.45, 2.75) is 6.61 Å². The third-order valence-electron chi connectivity index (χ3n) is 1.14. The van der Waals surface area contributed by atoms with Gasteiger partial charge < -0.3 is 10.4 Å². The van der Waals surface area contributed by atoms with Gasteiger partial charge in [-0.1, -0.05) is 0 Å². The van der Waals surface area contributed by atoms with Gasteiger partial charge in [0.15, 0.2) is 0 Å². The Hall–Kier alpha value is -1.16. The zero-order valence-electron chi connectivity index (χ0n) is 5.70. The molecule has 4 nitrogen and oxygen atoms in total. The quantitative estimate of drug-likeness (QED) is 0.606. The lowest BCUT2D eigenvalue weighted by Gasteiger charge is -1.98. The van der Waals surface area contributed by atoms with Crippen molar-refractivity contribution in [3.05, 3.63) is 18.1 Å². The minimum absolute atomic E-state index is 0.0444. The van der Waals surface area contributed by atoms with Gasteiger partial charge in [-0.3, -0.25) is 0 Å². The van der Waals surface area contributed by atoms with Gasteiger partial charge in [-0.25, -0.2) is 9.97 Å². The molecule has 0 radical (unpaired) electrons. The van der Waals surface area contributed by atoms with Gasteiger partial charge in [0, 0.05) is 13.1 Å². The third kappa shape index (κ3) is 1.41. The molecular formula is C6H9N3O. The topological polar surface area (TPSA) is 58.0 Å². The summed E-state index contributed by atoms with van der Waals surface area (Å²) < 4.78 is 0. The molecule has 0 aliphatic carbocycles. The lowest BCUT2D eigenvalue weighted by atomic mass is 10.4. The van der Waals surface area contributed by atoms with Crippen LogP contribution in [0.15, 0.2) is 12.4 Å². The van der Waals surface area contributed by atoms with Crippen LogP contribution in [0.3, 0.4) is 0 Å². The Morgan fingerprint density at radius 2 is 2.40 bits per heavy atom. The Kier molecular flexibility index (Phi) is 2.17. The lowest BCUT2D eigenvalue weighted by Crippen LogP contribution is -1.96. The van der Waals surface area contributed by atoms with Crippen LogP contribution in [0.4, 0.5) is 5.82 Å². The van der Waals surface area contributed by atoms with Gasteiger partial charge in [0.1, 0.15) is 12.1 Å². The van der Waals surface area contributed by atoms with Crippen LogP contribution in [0.1, 0.15) is 5.69 Å². The summed E-state index contributed by atoms with van der Waals surface area (Å²) in [5, 5.41) is 11.5. The Balaban J connectivity index is 2.87. The summed E-state index contributed by atoms with van der Waals surface area (Å²) in [6.07, 6.45) is 1.41. The molecule has 4 heteroatoms. The number of anilines is 1. The smallest absolute Gasteiger partial charge is 0.129 e. The van der Waals surface area contributed by atoms with Crippen LogP contribution >= 0.6 is 0 Å². The summed E-state index contributed by atoms with van der Waals surface area (Å²) >= 11 is 0. The number of aromatic nitrogens is 2. The van der Waals surface area contributed by atoms with Gasteiger partial charge in [-0.05, 0) is 0 Å². The number of hydrogen-bond donors (Lipinski definition) is 2. The number of nitrogens with zero attached hydrogens (tertiary/aromatic N) is 2. The Bertz CT molecular complexity index is 195. The van der Waals surface area contributed by atoms with Crippen molar-refractivity contribution in [1.29, 1.82) is 0 Å². The summed E-state index contributed by atoms with van der Waals surface area (Å²) in [5.41, 5.74) is 0.624. The number of rotatable bonds is 2. The lowest BCUT2D eigenvalue weighted by molar-refractivity contribution is 0.276. The maximum absolute atomic E-state index is 8.64. The number of hydrogen-bond acceptors (Lipinski definition) is 4. The first-order chi connectivity index (χ1) is 4.86. The van der Waals surface area contributed by atoms with Crippen LogP contribution in [-0.4, -0.2) is 22.1 Å². The maximum atomic E-state index is 8.64. The van der Waals surface area contributed by atoms with Crippen LogP contribution in [0.25, 0.3) is 0 Å². The third-order valence-corrected chi connectivity index (χ3v) is 1.14. The number of aliphatic hydroxyl groups excluding tert-OH is 1. The first-order valence-electron chi connectivity index (χ1n) is 2.96. The molecule has 0 bridgehead atoms. The second-order valence-corrected chi connectivity index (χ2v) is 1.80. The number of nitrogens with one attached hydrogen (secondary N) is 1. The first kappa shape index (κ1) is 6.95. The SMILES string of the molecule is CNc1cc(CO)ncn1. The molecular weight excluding hydrogens is 130 g/mol. The minimum atomic E-state index is -0.0444. The molecule has 1 rings (SSSR count). The van der Waals surface area contributed by atoms with Gasteiger partial charge in [0.25, 0.3) is 0 Å². The predicted octanol–water partition coefficient (Wildman–Crippen LogP) is 0.0106. The zero-order chi connectivity index (χ0) is 7.40. The van der Waals surface area contributed by atoms with Crippen LogP contribution in [0.2, 0.25) is 0 Å². The number of aliphatic hydroxyl groups is 1. The molecule has 54 valence electrons. The minimum Gasteiger partial charge on any atom is -0.390 e. The molecule has 1 aromatic heterocycles. The predicted molar refractivity (Wildman–Crippen MR) is 37.5 cm³/mol. The molecule has 0 aliphatic heterocycles. The van der Waals surface area contributed by atoms with Crippen molar-refractivity contribution in [1.82, 2.24) is 9.97 Å². The van der Waals surface area contributed by atoms with Gasteiger partial charge in [-0.2, -0.15) is 0 Å². The van der Waals surface area contributed by atoms with E-state index in [1.807, 2.05) is 0 Å². The summed E-state index contributed by atoms with van der Waals surface area (Å²) in [6, 6.07) is 1.69. The van der Waals surface area contributed by atoms with Crippen LogP contribution in [0, 0.1) is 0 Å². The fraction of sp³-hybridized carbons (Fsp3) is 0.333. The molecule has 0 fully saturated rings. The zero-order valence-corrected chi connectivity index (χ0v) is 5.70. The fourth-order valence-electron chi connectivity index (χ4n) is 0.621. The summed E-state index contributed by atoms with van der Waals surface area (Å²) in [5.74, 6) is 0.721. The molecule has 1 aromatic rings. The van der Waals surface area contributed by atoms with E-state index in [4.69, 9.17) is 5.11 Å². The van der Waals surface area contributed by atoms with E-state index in [1.165, 1.54) is 6.33 Å². The Labute approximate surface area is 58.9 Å². The monoisotopic (exact) mass is 139 g/mol. The van der Waals surface area contributed by atoms with E-state index in [2.05, 4.69) is 15.3 Å². The van der Waals surface area contributed by atoms with Crippen LogP contribution in [0.5, 0.6) is 0 Å². The molecule has 0 aliphatic rings. The highest BCUT2D eigenvalue weighted by Gasteiger charge is 1.92. The second-order valence-electron chi connectivity index (χ2n) is 1.80. The standard InChI is InChI=1S/C6H9N3O/c1-7-6-2-5(3-10)8-4-9-6/h2,4,10H,3H2,1H3,(H,7,8,9). The van der Waals surface area contributed by atoms with Crippen molar-refractivity contribution < 1.29 is 5.11 Å². The normalized spacial score (nSPS) is 9.40. The molecule has 0 saturated heterocycles. The van der Waals surface area contributed by atoms with Crippen molar-refractivity contribution in [3.8, 4) is 0 Å². The van der Waals surface area contributed by atoms with Crippen molar-refractivity contribution >= 4 is 5.82 Å². The van der Waals surface area contributed by atoms with Gasteiger partial charge in [0.2, 0.25) is 0 Å². The van der Waals surface area contributed by atoms with E-state index in [9.17, 15) is 0 Å². The van der Waals surface area contributed by atoms with E-state index < -0.39 is 0 Å². The highest BCUT2D eigenvalue weighted by Crippen LogP contribution is 2.01. The van der Waals surface area contributed by atoms with E-state index in [1.54, 1.807) is 13.1 Å². The maximum Gasteiger partial charge on any atom is 0.129 e. The summed E-state index contributed by atoms with van der Waals surface area (Å²) in [4.78, 5) is 7.68. The highest BCUT2D eigenvalue weighted by molar-refractivity contribution is 5.33.